The van der Waals surface area contributed by atoms with E-state index in [-0.39, 0.29) is 23.2 Å². The van der Waals surface area contributed by atoms with Crippen molar-refractivity contribution >= 4 is 17.5 Å². The summed E-state index contributed by atoms with van der Waals surface area (Å²) in [6, 6.07) is 9.73. The van der Waals surface area contributed by atoms with Gasteiger partial charge in [-0.25, -0.2) is 0 Å². The van der Waals surface area contributed by atoms with Gasteiger partial charge in [0.05, 0.1) is 23.4 Å². The standard InChI is InChI=1S/C14H18ClNO2/c1-9(15)13-12(10(2)17)14(18)16(13)8-11-6-4-3-5-7-11/h3-7,9-10,12-13,17H,8H2,1-2H3/t9-,10-,12-,13-/m1/s1. The average molecular weight is 268 g/mol. The van der Waals surface area contributed by atoms with Gasteiger partial charge in [-0.15, -0.1) is 11.6 Å². The number of hydrogen-bond donors (Lipinski definition) is 1. The highest BCUT2D eigenvalue weighted by Crippen LogP contribution is 2.35. The summed E-state index contributed by atoms with van der Waals surface area (Å²) in [6.07, 6.45) is -0.643. The summed E-state index contributed by atoms with van der Waals surface area (Å²) < 4.78 is 0. The molecule has 0 spiro atoms. The van der Waals surface area contributed by atoms with E-state index in [1.54, 1.807) is 11.8 Å². The van der Waals surface area contributed by atoms with Crippen LogP contribution in [0.25, 0.3) is 0 Å². The average Bonchev–Trinajstić information content (AvgIpc) is 2.32. The molecule has 1 fully saturated rings. The Kier molecular flexibility index (Phi) is 3.93. The molecular weight excluding hydrogens is 250 g/mol. The minimum Gasteiger partial charge on any atom is -0.393 e. The Morgan fingerprint density at radius 1 is 1.33 bits per heavy atom. The Hall–Kier alpha value is -1.06. The van der Waals surface area contributed by atoms with Crippen LogP contribution in [0.4, 0.5) is 0 Å². The van der Waals surface area contributed by atoms with Crippen LogP contribution in [0.1, 0.15) is 19.4 Å². The van der Waals surface area contributed by atoms with Gasteiger partial charge < -0.3 is 10.0 Å². The van der Waals surface area contributed by atoms with Gasteiger partial charge in [-0.2, -0.15) is 0 Å². The third-order valence-electron chi connectivity index (χ3n) is 3.48. The number of β-lactam (4-membered cyclic amide) rings is 1. The molecule has 4 atom stereocenters. The number of alkyl halides is 1. The zero-order valence-electron chi connectivity index (χ0n) is 10.6. The maximum absolute atomic E-state index is 12.0. The fourth-order valence-corrected chi connectivity index (χ4v) is 2.88. The van der Waals surface area contributed by atoms with Gasteiger partial charge in [0.15, 0.2) is 0 Å². The summed E-state index contributed by atoms with van der Waals surface area (Å²) in [6.45, 7) is 4.07. The molecule has 1 amide bonds. The van der Waals surface area contributed by atoms with Crippen LogP contribution >= 0.6 is 11.6 Å². The quantitative estimate of drug-likeness (QED) is 0.670. The normalized spacial score (nSPS) is 26.7. The van der Waals surface area contributed by atoms with Gasteiger partial charge in [-0.05, 0) is 19.4 Å². The number of nitrogens with zero attached hydrogens (tertiary/aromatic N) is 1. The first-order valence-electron chi connectivity index (χ1n) is 6.19. The van der Waals surface area contributed by atoms with E-state index in [0.717, 1.165) is 5.56 Å². The summed E-state index contributed by atoms with van der Waals surface area (Å²) in [4.78, 5) is 13.8. The number of likely N-dealkylation sites (tertiary alicyclic amines) is 1. The summed E-state index contributed by atoms with van der Waals surface area (Å²) in [5.41, 5.74) is 1.08. The first-order chi connectivity index (χ1) is 8.52. The van der Waals surface area contributed by atoms with Crippen molar-refractivity contribution in [3.63, 3.8) is 0 Å². The Labute approximate surface area is 112 Å². The van der Waals surface area contributed by atoms with E-state index in [1.165, 1.54) is 0 Å². The SMILES string of the molecule is C[C@@H](O)[C@H]1C(=O)N(Cc2ccccc2)[C@@H]1[C@@H](C)Cl. The highest BCUT2D eigenvalue weighted by molar-refractivity contribution is 6.21. The number of aliphatic hydroxyl groups is 1. The number of aliphatic hydroxyl groups excluding tert-OH is 1. The van der Waals surface area contributed by atoms with E-state index in [1.807, 2.05) is 37.3 Å². The number of rotatable bonds is 4. The molecule has 1 N–H and O–H groups in total. The van der Waals surface area contributed by atoms with Gasteiger partial charge in [-0.3, -0.25) is 4.79 Å². The predicted octanol–water partition coefficient (Wildman–Crippen LogP) is 2.02. The van der Waals surface area contributed by atoms with Gasteiger partial charge in [0, 0.05) is 6.54 Å². The molecule has 1 heterocycles. The minimum atomic E-state index is -0.643. The third-order valence-corrected chi connectivity index (χ3v) is 3.74. The van der Waals surface area contributed by atoms with Crippen molar-refractivity contribution in [2.45, 2.75) is 37.9 Å². The lowest BCUT2D eigenvalue weighted by atomic mass is 9.81. The van der Waals surface area contributed by atoms with Crippen molar-refractivity contribution in [2.75, 3.05) is 0 Å². The Morgan fingerprint density at radius 3 is 2.44 bits per heavy atom. The van der Waals surface area contributed by atoms with Crippen molar-refractivity contribution < 1.29 is 9.90 Å². The monoisotopic (exact) mass is 267 g/mol. The summed E-state index contributed by atoms with van der Waals surface area (Å²) in [5.74, 6) is -0.368. The Bertz CT molecular complexity index is 419. The lowest BCUT2D eigenvalue weighted by molar-refractivity contribution is -0.165. The van der Waals surface area contributed by atoms with Gasteiger partial charge in [-0.1, -0.05) is 30.3 Å². The molecule has 1 aromatic carbocycles. The minimum absolute atomic E-state index is 0.00801. The van der Waals surface area contributed by atoms with Crippen LogP contribution in [-0.4, -0.2) is 33.4 Å². The fraction of sp³-hybridized carbons (Fsp3) is 0.500. The van der Waals surface area contributed by atoms with Crippen LogP contribution in [0, 0.1) is 5.92 Å². The lowest BCUT2D eigenvalue weighted by Gasteiger charge is -2.50. The molecule has 0 aromatic heterocycles. The molecule has 98 valence electrons. The van der Waals surface area contributed by atoms with E-state index in [2.05, 4.69) is 0 Å². The molecule has 0 unspecified atom stereocenters. The second kappa shape index (κ2) is 5.29. The number of hydrogen-bond acceptors (Lipinski definition) is 2. The molecule has 18 heavy (non-hydrogen) atoms. The number of carbonyl (C=O) groups excluding carboxylic acids is 1. The largest absolute Gasteiger partial charge is 0.393 e. The first-order valence-corrected chi connectivity index (χ1v) is 6.62. The summed E-state index contributed by atoms with van der Waals surface area (Å²) >= 11 is 6.14. The van der Waals surface area contributed by atoms with E-state index < -0.39 is 6.10 Å². The van der Waals surface area contributed by atoms with Crippen LogP contribution in [-0.2, 0) is 11.3 Å². The molecule has 1 aromatic rings. The smallest absolute Gasteiger partial charge is 0.231 e. The fourth-order valence-electron chi connectivity index (χ4n) is 2.59. The van der Waals surface area contributed by atoms with E-state index in [4.69, 9.17) is 11.6 Å². The molecule has 1 saturated heterocycles. The van der Waals surface area contributed by atoms with Gasteiger partial charge in [0.1, 0.15) is 0 Å². The molecule has 3 nitrogen and oxygen atoms in total. The second-order valence-corrected chi connectivity index (χ2v) is 5.57. The first kappa shape index (κ1) is 13.4. The maximum Gasteiger partial charge on any atom is 0.231 e. The van der Waals surface area contributed by atoms with Gasteiger partial charge in [0.2, 0.25) is 5.91 Å². The zero-order valence-corrected chi connectivity index (χ0v) is 11.3. The second-order valence-electron chi connectivity index (χ2n) is 4.89. The highest BCUT2D eigenvalue weighted by Gasteiger charge is 2.51. The third kappa shape index (κ3) is 2.38. The summed E-state index contributed by atoms with van der Waals surface area (Å²) in [7, 11) is 0. The van der Waals surface area contributed by atoms with E-state index in [0.29, 0.717) is 6.54 Å². The molecule has 1 aliphatic rings. The molecule has 4 heteroatoms. The van der Waals surface area contributed by atoms with Crippen molar-refractivity contribution in [1.29, 1.82) is 0 Å². The van der Waals surface area contributed by atoms with Crippen LogP contribution < -0.4 is 0 Å². The van der Waals surface area contributed by atoms with Crippen LogP contribution in [0.15, 0.2) is 30.3 Å². The molecule has 0 radical (unpaired) electrons. The molecular formula is C14H18ClNO2. The Morgan fingerprint density at radius 2 is 1.94 bits per heavy atom. The highest BCUT2D eigenvalue weighted by atomic mass is 35.5. The van der Waals surface area contributed by atoms with E-state index >= 15 is 0 Å². The molecule has 0 saturated carbocycles. The molecule has 1 aliphatic heterocycles. The van der Waals surface area contributed by atoms with Crippen molar-refractivity contribution in [1.82, 2.24) is 4.90 Å². The van der Waals surface area contributed by atoms with Crippen molar-refractivity contribution in [3.05, 3.63) is 35.9 Å². The lowest BCUT2D eigenvalue weighted by Crippen LogP contribution is -2.66. The molecule has 2 rings (SSSR count). The van der Waals surface area contributed by atoms with Gasteiger partial charge in [0.25, 0.3) is 0 Å². The van der Waals surface area contributed by atoms with Crippen LogP contribution in [0.2, 0.25) is 0 Å². The zero-order chi connectivity index (χ0) is 13.3. The van der Waals surface area contributed by atoms with Crippen molar-refractivity contribution in [3.8, 4) is 0 Å². The van der Waals surface area contributed by atoms with E-state index in [9.17, 15) is 9.90 Å². The van der Waals surface area contributed by atoms with Crippen LogP contribution in [0.5, 0.6) is 0 Å². The summed E-state index contributed by atoms with van der Waals surface area (Å²) in [5, 5.41) is 9.48. The number of amides is 1. The Balaban J connectivity index is 2.11. The topological polar surface area (TPSA) is 40.5 Å². The van der Waals surface area contributed by atoms with Gasteiger partial charge >= 0.3 is 0 Å². The number of halogens is 1. The molecule has 0 aliphatic carbocycles. The maximum atomic E-state index is 12.0. The number of benzene rings is 1. The van der Waals surface area contributed by atoms with Crippen molar-refractivity contribution in [2.24, 2.45) is 5.92 Å². The van der Waals surface area contributed by atoms with Crippen LogP contribution in [0.3, 0.4) is 0 Å². The number of carbonyl (C=O) groups is 1. The molecule has 0 bridgehead atoms. The predicted molar refractivity (Wildman–Crippen MR) is 71.3 cm³/mol.